The summed E-state index contributed by atoms with van der Waals surface area (Å²) in [7, 11) is 0. The van der Waals surface area contributed by atoms with Crippen molar-refractivity contribution in [1.29, 1.82) is 0 Å². The van der Waals surface area contributed by atoms with Gasteiger partial charge in [-0.15, -0.1) is 0 Å². The van der Waals surface area contributed by atoms with Gasteiger partial charge in [-0.3, -0.25) is 20.1 Å². The summed E-state index contributed by atoms with van der Waals surface area (Å²) in [5.74, 6) is -1.90. The number of nitrogens with two attached hydrogens (primary N) is 1. The summed E-state index contributed by atoms with van der Waals surface area (Å²) < 4.78 is 27.5. The summed E-state index contributed by atoms with van der Waals surface area (Å²) in [6, 6.07) is 0. The lowest BCUT2D eigenvalue weighted by atomic mass is 9.98. The summed E-state index contributed by atoms with van der Waals surface area (Å²) in [5.41, 5.74) is 1.17. The number of rotatable bonds is 18. The van der Waals surface area contributed by atoms with E-state index in [2.05, 4.69) is 13.2 Å². The van der Waals surface area contributed by atoms with Crippen LogP contribution in [-0.2, 0) is 42.9 Å². The van der Waals surface area contributed by atoms with Crippen LogP contribution in [-0.4, -0.2) is 78.4 Å². The molecule has 0 aliphatic heterocycles. The molecule has 37 heavy (non-hydrogen) atoms. The first kappa shape index (κ1) is 34.8. The third-order valence-corrected chi connectivity index (χ3v) is 5.47. The van der Waals surface area contributed by atoms with Crippen LogP contribution in [0.5, 0.6) is 0 Å². The number of carbonyl (C=O) groups is 4. The average Bonchev–Trinajstić information content (AvgIpc) is 2.77. The van der Waals surface area contributed by atoms with E-state index in [0.29, 0.717) is 5.57 Å². The van der Waals surface area contributed by atoms with Gasteiger partial charge in [-0.2, -0.15) is 0 Å². The second-order valence-corrected chi connectivity index (χ2v) is 10.7. The minimum atomic E-state index is -1.56. The van der Waals surface area contributed by atoms with E-state index in [-0.39, 0.29) is 37.8 Å². The van der Waals surface area contributed by atoms with Crippen molar-refractivity contribution in [3.63, 3.8) is 0 Å². The van der Waals surface area contributed by atoms with Crippen molar-refractivity contribution in [3.05, 3.63) is 24.3 Å². The maximum Gasteiger partial charge on any atom is 0.338 e. The number of esters is 1. The van der Waals surface area contributed by atoms with Crippen molar-refractivity contribution in [2.24, 2.45) is 5.73 Å². The number of ether oxygens (including phenoxy) is 5. The van der Waals surface area contributed by atoms with Gasteiger partial charge < -0.3 is 23.7 Å². The monoisotopic (exact) mass is 527 g/mol. The molecule has 2 atom stereocenters. The Kier molecular flexibility index (Phi) is 12.7. The Morgan fingerprint density at radius 3 is 1.49 bits per heavy atom. The molecule has 0 rings (SSSR count). The second kappa shape index (κ2) is 13.5. The second-order valence-electron chi connectivity index (χ2n) is 10.7. The number of hydrogen-bond donors (Lipinski definition) is 1. The molecule has 0 aliphatic rings. The lowest BCUT2D eigenvalue weighted by Crippen LogP contribution is -2.49. The van der Waals surface area contributed by atoms with Crippen molar-refractivity contribution in [2.75, 3.05) is 26.4 Å². The molecule has 0 saturated heterocycles. The third kappa shape index (κ3) is 11.0. The fourth-order valence-electron chi connectivity index (χ4n) is 3.19. The fourth-order valence-corrected chi connectivity index (χ4v) is 3.19. The van der Waals surface area contributed by atoms with Gasteiger partial charge in [-0.25, -0.2) is 4.79 Å². The Balaban J connectivity index is 4.77. The van der Waals surface area contributed by atoms with Crippen molar-refractivity contribution in [1.82, 2.24) is 0 Å². The van der Waals surface area contributed by atoms with Crippen molar-refractivity contribution >= 4 is 23.3 Å². The van der Waals surface area contributed by atoms with Gasteiger partial charge in [0.1, 0.15) is 11.2 Å². The van der Waals surface area contributed by atoms with Crippen LogP contribution in [0.4, 0.5) is 0 Å². The zero-order valence-corrected chi connectivity index (χ0v) is 24.1. The van der Waals surface area contributed by atoms with Gasteiger partial charge in [0, 0.05) is 0 Å². The van der Waals surface area contributed by atoms with E-state index in [1.165, 1.54) is 34.6 Å². The maximum atomic E-state index is 12.9. The van der Waals surface area contributed by atoms with E-state index in [1.807, 2.05) is 0 Å². The summed E-state index contributed by atoms with van der Waals surface area (Å²) >= 11 is 0. The molecule has 10 heteroatoms. The molecule has 0 aromatic carbocycles. The van der Waals surface area contributed by atoms with E-state index in [9.17, 15) is 19.2 Å². The van der Waals surface area contributed by atoms with Crippen LogP contribution in [0.25, 0.3) is 0 Å². The molecule has 0 aromatic rings. The summed E-state index contributed by atoms with van der Waals surface area (Å²) in [6.45, 7) is 22.5. The smallest absolute Gasteiger partial charge is 0.338 e. The number of ketones is 3. The zero-order chi connectivity index (χ0) is 29.4. The van der Waals surface area contributed by atoms with Gasteiger partial charge in [0.15, 0.2) is 23.2 Å². The van der Waals surface area contributed by atoms with Gasteiger partial charge in [0.25, 0.3) is 0 Å². The van der Waals surface area contributed by atoms with Crippen LogP contribution >= 0.6 is 0 Å². The Bertz CT molecular complexity index is 884. The van der Waals surface area contributed by atoms with Crippen LogP contribution in [0.2, 0.25) is 0 Å². The van der Waals surface area contributed by atoms with E-state index in [0.717, 1.165) is 0 Å². The molecule has 0 aliphatic carbocycles. The Morgan fingerprint density at radius 1 is 0.676 bits per heavy atom. The molecule has 0 spiro atoms. The molecule has 0 bridgehead atoms. The van der Waals surface area contributed by atoms with Crippen LogP contribution < -0.4 is 5.73 Å². The Labute approximate surface area is 220 Å². The highest BCUT2D eigenvalue weighted by Crippen LogP contribution is 2.20. The molecular formula is C27H45NO9. The van der Waals surface area contributed by atoms with Crippen LogP contribution in [0.1, 0.15) is 69.2 Å². The summed E-state index contributed by atoms with van der Waals surface area (Å²) in [4.78, 5) is 49.6. The Hall–Kier alpha value is -2.24. The Morgan fingerprint density at radius 2 is 1.05 bits per heavy atom. The molecule has 2 unspecified atom stereocenters. The first-order valence-corrected chi connectivity index (χ1v) is 12.1. The molecule has 0 amide bonds. The highest BCUT2D eigenvalue weighted by Gasteiger charge is 2.39. The van der Waals surface area contributed by atoms with Crippen LogP contribution in [0.15, 0.2) is 24.3 Å². The van der Waals surface area contributed by atoms with Gasteiger partial charge in [-0.1, -0.05) is 13.2 Å². The number of Topliss-reactive ketones (excluding diaryl/α,β-unsaturated/α-hetero) is 3. The number of carbonyl (C=O) groups excluding carboxylic acids is 4. The molecule has 10 nitrogen and oxygen atoms in total. The predicted octanol–water partition coefficient (Wildman–Crippen LogP) is 2.85. The van der Waals surface area contributed by atoms with Crippen molar-refractivity contribution in [3.8, 4) is 0 Å². The standard InChI is InChI=1S/C27H45NO9/c1-17(2)20(29)24(6,7)33-13-14-34-25(8,9)22(31)19(5)37-23(32)26(10,11)35-15-16-36-27(12,28)21(30)18(3)4/h19H,1,3,13-16,28H2,2,4-12H3. The minimum Gasteiger partial charge on any atom is -0.452 e. The van der Waals surface area contributed by atoms with Gasteiger partial charge in [0.05, 0.1) is 26.4 Å². The van der Waals surface area contributed by atoms with Crippen molar-refractivity contribution in [2.45, 2.75) is 97.9 Å². The first-order chi connectivity index (χ1) is 16.6. The van der Waals surface area contributed by atoms with Crippen LogP contribution in [0.3, 0.4) is 0 Å². The summed E-state index contributed by atoms with van der Waals surface area (Å²) in [6.07, 6.45) is -1.12. The molecule has 0 radical (unpaired) electrons. The van der Waals surface area contributed by atoms with Gasteiger partial charge in [-0.05, 0) is 80.4 Å². The highest BCUT2D eigenvalue weighted by molar-refractivity contribution is 6.00. The summed E-state index contributed by atoms with van der Waals surface area (Å²) in [5, 5.41) is 0. The topological polar surface area (TPSA) is 140 Å². The predicted molar refractivity (Wildman–Crippen MR) is 139 cm³/mol. The SMILES string of the molecule is C=C(C)C(=O)C(C)(C)OCCOC(C)(C)C(=O)C(C)OC(=O)C(C)(C)OCCOC(C)(N)C(=O)C(=C)C. The molecule has 212 valence electrons. The largest absolute Gasteiger partial charge is 0.452 e. The van der Waals surface area contributed by atoms with E-state index in [4.69, 9.17) is 29.4 Å². The molecular weight excluding hydrogens is 482 g/mol. The average molecular weight is 528 g/mol. The lowest BCUT2D eigenvalue weighted by Gasteiger charge is -2.30. The molecule has 0 heterocycles. The minimum absolute atomic E-state index is 0.0366. The molecule has 2 N–H and O–H groups in total. The quantitative estimate of drug-likeness (QED) is 0.122. The zero-order valence-electron chi connectivity index (χ0n) is 24.1. The van der Waals surface area contributed by atoms with Crippen molar-refractivity contribution < 1.29 is 42.9 Å². The molecule has 0 saturated carbocycles. The molecule has 0 fully saturated rings. The van der Waals surface area contributed by atoms with Gasteiger partial charge in [0.2, 0.25) is 11.6 Å². The van der Waals surface area contributed by atoms with E-state index < -0.39 is 46.2 Å². The first-order valence-electron chi connectivity index (χ1n) is 12.1. The highest BCUT2D eigenvalue weighted by atomic mass is 16.6. The normalized spacial score (nSPS) is 14.9. The van der Waals surface area contributed by atoms with Crippen LogP contribution in [0, 0.1) is 0 Å². The van der Waals surface area contributed by atoms with E-state index >= 15 is 0 Å². The maximum absolute atomic E-state index is 12.9. The third-order valence-electron chi connectivity index (χ3n) is 5.47. The molecule has 0 aromatic heterocycles. The van der Waals surface area contributed by atoms with E-state index in [1.54, 1.807) is 34.6 Å². The number of hydrogen-bond acceptors (Lipinski definition) is 10. The lowest BCUT2D eigenvalue weighted by molar-refractivity contribution is -0.182. The fraction of sp³-hybridized carbons (Fsp3) is 0.704. The van der Waals surface area contributed by atoms with Gasteiger partial charge >= 0.3 is 5.97 Å².